The summed E-state index contributed by atoms with van der Waals surface area (Å²) in [6, 6.07) is 3.39. The van der Waals surface area contributed by atoms with E-state index in [2.05, 4.69) is 31.0 Å². The molecule has 1 atom stereocenters. The van der Waals surface area contributed by atoms with E-state index in [0.717, 1.165) is 41.2 Å². The SMILES string of the molecule is CCCSC1=CC(CC)C=CC=C1c1nc2cc(C(F)(F)F)ccc2o1. The smallest absolute Gasteiger partial charge is 0.416 e. The van der Waals surface area contributed by atoms with Gasteiger partial charge in [0.2, 0.25) is 5.89 Å². The molecule has 1 heterocycles. The number of oxazole rings is 1. The highest BCUT2D eigenvalue weighted by Gasteiger charge is 2.31. The predicted molar refractivity (Wildman–Crippen MR) is 101 cm³/mol. The van der Waals surface area contributed by atoms with Gasteiger partial charge in [0.1, 0.15) is 5.52 Å². The molecule has 1 aliphatic rings. The number of halogens is 3. The molecule has 2 aromatic rings. The third-order valence-corrected chi connectivity index (χ3v) is 5.41. The molecule has 0 saturated heterocycles. The van der Waals surface area contributed by atoms with Gasteiger partial charge in [-0.15, -0.1) is 11.8 Å². The normalized spacial score (nSPS) is 18.0. The van der Waals surface area contributed by atoms with E-state index in [9.17, 15) is 13.2 Å². The van der Waals surface area contributed by atoms with E-state index in [0.29, 0.717) is 17.4 Å². The van der Waals surface area contributed by atoms with Crippen molar-refractivity contribution in [3.63, 3.8) is 0 Å². The molecule has 0 bridgehead atoms. The highest BCUT2D eigenvalue weighted by molar-refractivity contribution is 8.03. The van der Waals surface area contributed by atoms with E-state index >= 15 is 0 Å². The first-order chi connectivity index (χ1) is 12.4. The van der Waals surface area contributed by atoms with Gasteiger partial charge in [-0.2, -0.15) is 13.2 Å². The lowest BCUT2D eigenvalue weighted by atomic mass is 10.1. The quantitative estimate of drug-likeness (QED) is 0.568. The maximum Gasteiger partial charge on any atom is 0.416 e. The van der Waals surface area contributed by atoms with Gasteiger partial charge in [0.05, 0.1) is 11.1 Å². The summed E-state index contributed by atoms with van der Waals surface area (Å²) < 4.78 is 44.5. The van der Waals surface area contributed by atoms with Crippen LogP contribution in [0.1, 0.15) is 38.1 Å². The second-order valence-corrected chi connectivity index (χ2v) is 7.25. The van der Waals surface area contributed by atoms with Crippen LogP contribution >= 0.6 is 11.8 Å². The van der Waals surface area contributed by atoms with Crippen LogP contribution < -0.4 is 0 Å². The van der Waals surface area contributed by atoms with Gasteiger partial charge in [-0.1, -0.05) is 32.1 Å². The fourth-order valence-corrected chi connectivity index (χ4v) is 3.71. The topological polar surface area (TPSA) is 26.0 Å². The monoisotopic (exact) mass is 379 g/mol. The van der Waals surface area contributed by atoms with Crippen molar-refractivity contribution in [2.24, 2.45) is 5.92 Å². The van der Waals surface area contributed by atoms with E-state index in [1.54, 1.807) is 11.8 Å². The van der Waals surface area contributed by atoms with Gasteiger partial charge in [-0.25, -0.2) is 4.98 Å². The average molecular weight is 379 g/mol. The van der Waals surface area contributed by atoms with Crippen molar-refractivity contribution >= 4 is 28.4 Å². The first-order valence-corrected chi connectivity index (χ1v) is 9.62. The summed E-state index contributed by atoms with van der Waals surface area (Å²) in [7, 11) is 0. The Kier molecular flexibility index (Phi) is 5.61. The van der Waals surface area contributed by atoms with Crippen molar-refractivity contribution in [2.45, 2.75) is 32.9 Å². The maximum atomic E-state index is 12.9. The van der Waals surface area contributed by atoms with Crippen LogP contribution in [0, 0.1) is 5.92 Å². The summed E-state index contributed by atoms with van der Waals surface area (Å²) in [6.45, 7) is 4.23. The van der Waals surface area contributed by atoms with Gasteiger partial charge in [-0.05, 0) is 48.8 Å². The predicted octanol–water partition coefficient (Wildman–Crippen LogP) is 6.85. The molecule has 1 unspecified atom stereocenters. The number of aromatic nitrogens is 1. The lowest BCUT2D eigenvalue weighted by Gasteiger charge is -2.10. The molecule has 0 N–H and O–H groups in total. The molecule has 138 valence electrons. The van der Waals surface area contributed by atoms with Gasteiger partial charge in [-0.3, -0.25) is 0 Å². The fraction of sp³-hybridized carbons (Fsp3) is 0.350. The summed E-state index contributed by atoms with van der Waals surface area (Å²) >= 11 is 1.72. The van der Waals surface area contributed by atoms with Crippen LogP contribution in [0.2, 0.25) is 0 Å². The van der Waals surface area contributed by atoms with Crippen molar-refractivity contribution in [3.8, 4) is 0 Å². The van der Waals surface area contributed by atoms with Crippen LogP contribution in [0.4, 0.5) is 13.2 Å². The Labute approximate surface area is 154 Å². The molecule has 26 heavy (non-hydrogen) atoms. The third kappa shape index (κ3) is 4.06. The molecule has 6 heteroatoms. The Hall–Kier alpha value is -1.95. The Morgan fingerprint density at radius 3 is 2.73 bits per heavy atom. The lowest BCUT2D eigenvalue weighted by Crippen LogP contribution is -2.03. The molecule has 2 nitrogen and oxygen atoms in total. The molecule has 1 aromatic heterocycles. The van der Waals surface area contributed by atoms with E-state index in [1.165, 1.54) is 6.07 Å². The zero-order valence-electron chi connectivity index (χ0n) is 14.6. The summed E-state index contributed by atoms with van der Waals surface area (Å²) in [5.41, 5.74) is 0.673. The first-order valence-electron chi connectivity index (χ1n) is 8.64. The summed E-state index contributed by atoms with van der Waals surface area (Å²) in [6.07, 6.45) is 5.82. The molecule has 0 aliphatic heterocycles. The molecular weight excluding hydrogens is 359 g/mol. The van der Waals surface area contributed by atoms with E-state index in [1.807, 2.05) is 12.2 Å². The van der Waals surface area contributed by atoms with Crippen molar-refractivity contribution in [1.29, 1.82) is 0 Å². The number of benzene rings is 1. The van der Waals surface area contributed by atoms with Crippen molar-refractivity contribution in [2.75, 3.05) is 5.75 Å². The van der Waals surface area contributed by atoms with E-state index in [-0.39, 0.29) is 5.52 Å². The summed E-state index contributed by atoms with van der Waals surface area (Å²) in [5.74, 6) is 1.64. The van der Waals surface area contributed by atoms with Crippen LogP contribution in [-0.4, -0.2) is 10.7 Å². The summed E-state index contributed by atoms with van der Waals surface area (Å²) in [5, 5.41) is 0. The van der Waals surface area contributed by atoms with Gasteiger partial charge in [0, 0.05) is 4.91 Å². The van der Waals surface area contributed by atoms with Gasteiger partial charge in [0.15, 0.2) is 5.58 Å². The number of hydrogen-bond donors (Lipinski definition) is 0. The number of hydrogen-bond acceptors (Lipinski definition) is 3. The molecule has 1 aliphatic carbocycles. The standard InChI is InChI=1S/C20H20F3NOS/c1-3-10-26-18-11-13(4-2)6-5-7-15(18)19-24-16-12-14(20(21,22)23)8-9-17(16)25-19/h5-9,11-13H,3-4,10H2,1-2H3. The zero-order chi connectivity index (χ0) is 18.7. The molecule has 3 rings (SSSR count). The van der Waals surface area contributed by atoms with Crippen LogP contribution in [0.3, 0.4) is 0 Å². The number of alkyl halides is 3. The maximum absolute atomic E-state index is 12.9. The number of thioether (sulfide) groups is 1. The number of rotatable bonds is 5. The van der Waals surface area contributed by atoms with Crippen molar-refractivity contribution < 1.29 is 17.6 Å². The molecule has 1 aromatic carbocycles. The minimum Gasteiger partial charge on any atom is -0.436 e. The molecule has 0 amide bonds. The number of nitrogens with zero attached hydrogens (tertiary/aromatic N) is 1. The van der Waals surface area contributed by atoms with Crippen molar-refractivity contribution in [3.05, 3.63) is 58.9 Å². The molecule has 0 saturated carbocycles. The Morgan fingerprint density at radius 2 is 2.04 bits per heavy atom. The Morgan fingerprint density at radius 1 is 1.23 bits per heavy atom. The molecule has 0 radical (unpaired) electrons. The number of allylic oxidation sites excluding steroid dienone is 5. The highest BCUT2D eigenvalue weighted by Crippen LogP contribution is 2.37. The molecule has 0 fully saturated rings. The average Bonchev–Trinajstić information content (AvgIpc) is 2.91. The second-order valence-electron chi connectivity index (χ2n) is 6.12. The highest BCUT2D eigenvalue weighted by atomic mass is 32.2. The van der Waals surface area contributed by atoms with Crippen LogP contribution in [0.25, 0.3) is 16.7 Å². The Balaban J connectivity index is 2.02. The second kappa shape index (κ2) is 7.74. The van der Waals surface area contributed by atoms with Crippen LogP contribution in [0.15, 0.2) is 51.8 Å². The van der Waals surface area contributed by atoms with Gasteiger partial charge in [0.25, 0.3) is 0 Å². The zero-order valence-corrected chi connectivity index (χ0v) is 15.5. The lowest BCUT2D eigenvalue weighted by molar-refractivity contribution is -0.137. The van der Waals surface area contributed by atoms with Gasteiger partial charge >= 0.3 is 6.18 Å². The van der Waals surface area contributed by atoms with Crippen LogP contribution in [-0.2, 0) is 6.18 Å². The summed E-state index contributed by atoms with van der Waals surface area (Å²) in [4.78, 5) is 5.40. The minimum atomic E-state index is -4.39. The fourth-order valence-electron chi connectivity index (χ4n) is 2.70. The molecular formula is C20H20F3NOS. The minimum absolute atomic E-state index is 0.218. The first kappa shape index (κ1) is 18.8. The molecule has 0 spiro atoms. The van der Waals surface area contributed by atoms with Crippen molar-refractivity contribution in [1.82, 2.24) is 4.98 Å². The van der Waals surface area contributed by atoms with E-state index < -0.39 is 11.7 Å². The number of fused-ring (bicyclic) bond motifs is 1. The van der Waals surface area contributed by atoms with Gasteiger partial charge < -0.3 is 4.42 Å². The van der Waals surface area contributed by atoms with E-state index in [4.69, 9.17) is 4.42 Å². The third-order valence-electron chi connectivity index (χ3n) is 4.13. The van der Waals surface area contributed by atoms with Crippen LogP contribution in [0.5, 0.6) is 0 Å². The Bertz CT molecular complexity index is 877. The largest absolute Gasteiger partial charge is 0.436 e.